The van der Waals surface area contributed by atoms with Crippen molar-refractivity contribution in [1.82, 2.24) is 19.2 Å². The highest BCUT2D eigenvalue weighted by Crippen LogP contribution is 2.26. The van der Waals surface area contributed by atoms with Gasteiger partial charge in [-0.1, -0.05) is 48.0 Å². The number of nitrogens with one attached hydrogen (secondary N) is 1. The first-order chi connectivity index (χ1) is 15.3. The molecule has 0 bridgehead atoms. The number of sulfonamides is 1. The highest BCUT2D eigenvalue weighted by atomic mass is 32.2. The summed E-state index contributed by atoms with van der Waals surface area (Å²) in [7, 11) is -3.88. The van der Waals surface area contributed by atoms with Crippen LogP contribution in [0.1, 0.15) is 28.7 Å². The summed E-state index contributed by atoms with van der Waals surface area (Å²) in [5.41, 5.74) is 3.19. The minimum Gasteiger partial charge on any atom is -0.355 e. The maximum absolute atomic E-state index is 13.6. The molecule has 3 aromatic rings. The van der Waals surface area contributed by atoms with Crippen molar-refractivity contribution in [3.63, 3.8) is 0 Å². The van der Waals surface area contributed by atoms with Crippen molar-refractivity contribution in [2.24, 2.45) is 0 Å². The highest BCUT2D eigenvalue weighted by molar-refractivity contribution is 7.89. The minimum absolute atomic E-state index is 0.123. The van der Waals surface area contributed by atoms with Gasteiger partial charge in [0.15, 0.2) is 0 Å². The number of amides is 1. The third kappa shape index (κ3) is 6.05. The van der Waals surface area contributed by atoms with Gasteiger partial charge < -0.3 is 9.88 Å². The van der Waals surface area contributed by atoms with Gasteiger partial charge in [-0.2, -0.15) is 4.31 Å². The van der Waals surface area contributed by atoms with Crippen LogP contribution >= 0.6 is 0 Å². The van der Waals surface area contributed by atoms with Crippen LogP contribution in [0.15, 0.2) is 66.1 Å². The molecule has 1 aromatic heterocycles. The lowest BCUT2D eigenvalue weighted by Gasteiger charge is -2.24. The van der Waals surface area contributed by atoms with Gasteiger partial charge in [-0.05, 0) is 43.9 Å². The molecule has 0 unspecified atom stereocenters. The molecule has 7 nitrogen and oxygen atoms in total. The van der Waals surface area contributed by atoms with Gasteiger partial charge in [0.1, 0.15) is 0 Å². The average molecular weight is 455 g/mol. The number of benzene rings is 2. The topological polar surface area (TPSA) is 84.3 Å². The first-order valence-electron chi connectivity index (χ1n) is 10.6. The summed E-state index contributed by atoms with van der Waals surface area (Å²) in [6.07, 6.45) is 6.02. The Balaban J connectivity index is 1.76. The van der Waals surface area contributed by atoms with Crippen LogP contribution in [0.25, 0.3) is 0 Å². The molecule has 2 aromatic carbocycles. The number of aryl methyl sites for hydroxylation is 4. The Labute approximate surface area is 190 Å². The minimum atomic E-state index is -3.88. The third-order valence-corrected chi connectivity index (χ3v) is 7.30. The summed E-state index contributed by atoms with van der Waals surface area (Å²) in [6, 6.07) is 13.0. The van der Waals surface area contributed by atoms with Gasteiger partial charge in [0, 0.05) is 32.0 Å². The van der Waals surface area contributed by atoms with Crippen LogP contribution in [0.5, 0.6) is 0 Å². The van der Waals surface area contributed by atoms with Gasteiger partial charge in [-0.3, -0.25) is 4.79 Å². The van der Waals surface area contributed by atoms with Gasteiger partial charge in [-0.15, -0.1) is 0 Å². The van der Waals surface area contributed by atoms with E-state index in [2.05, 4.69) is 10.3 Å². The largest absolute Gasteiger partial charge is 0.355 e. The monoisotopic (exact) mass is 454 g/mol. The Bertz CT molecular complexity index is 1120. The van der Waals surface area contributed by atoms with Crippen molar-refractivity contribution in [2.75, 3.05) is 13.1 Å². The second kappa shape index (κ2) is 10.6. The molecule has 8 heteroatoms. The molecule has 0 fully saturated rings. The fraction of sp³-hybridized carbons (Fsp3) is 0.333. The molecule has 0 saturated carbocycles. The van der Waals surface area contributed by atoms with Crippen LogP contribution in [0.2, 0.25) is 0 Å². The SMILES string of the molecule is Cc1cc(C)c(S(=O)(=O)N(CC(=O)NCCCn2ccnc2)Cc2ccccc2)c(C)c1. The van der Waals surface area contributed by atoms with Gasteiger partial charge in [0.25, 0.3) is 0 Å². The van der Waals surface area contributed by atoms with Crippen LogP contribution in [0.4, 0.5) is 0 Å². The molecule has 0 atom stereocenters. The molecule has 0 saturated heterocycles. The molecule has 3 rings (SSSR count). The van der Waals surface area contributed by atoms with Crippen molar-refractivity contribution in [1.29, 1.82) is 0 Å². The molecule has 1 N–H and O–H groups in total. The number of rotatable bonds is 10. The van der Waals surface area contributed by atoms with Gasteiger partial charge in [-0.25, -0.2) is 13.4 Å². The quantitative estimate of drug-likeness (QED) is 0.477. The van der Waals surface area contributed by atoms with Crippen LogP contribution in [-0.2, 0) is 27.9 Å². The Morgan fingerprint density at radius 1 is 1.09 bits per heavy atom. The third-order valence-electron chi connectivity index (χ3n) is 5.20. The van der Waals surface area contributed by atoms with E-state index in [0.29, 0.717) is 17.7 Å². The predicted molar refractivity (Wildman–Crippen MR) is 125 cm³/mol. The van der Waals surface area contributed by atoms with E-state index >= 15 is 0 Å². The highest BCUT2D eigenvalue weighted by Gasteiger charge is 2.29. The Kier molecular flexibility index (Phi) is 7.82. The van der Waals surface area contributed by atoms with E-state index in [1.165, 1.54) is 4.31 Å². The normalized spacial score (nSPS) is 11.6. The van der Waals surface area contributed by atoms with E-state index in [-0.39, 0.29) is 23.9 Å². The summed E-state index contributed by atoms with van der Waals surface area (Å²) < 4.78 is 30.5. The van der Waals surface area contributed by atoms with Crippen LogP contribution in [0.3, 0.4) is 0 Å². The number of carbonyl (C=O) groups is 1. The lowest BCUT2D eigenvalue weighted by atomic mass is 10.1. The number of aromatic nitrogens is 2. The molecular weight excluding hydrogens is 424 g/mol. The first kappa shape index (κ1) is 23.7. The van der Waals surface area contributed by atoms with Crippen LogP contribution in [0, 0.1) is 20.8 Å². The molecule has 0 aliphatic carbocycles. The average Bonchev–Trinajstić information content (AvgIpc) is 3.24. The number of nitrogens with zero attached hydrogens (tertiary/aromatic N) is 3. The van der Waals surface area contributed by atoms with E-state index in [0.717, 1.165) is 24.1 Å². The van der Waals surface area contributed by atoms with E-state index in [1.807, 2.05) is 60.2 Å². The van der Waals surface area contributed by atoms with Gasteiger partial charge in [0.2, 0.25) is 15.9 Å². The fourth-order valence-electron chi connectivity index (χ4n) is 3.84. The zero-order chi connectivity index (χ0) is 23.1. The smallest absolute Gasteiger partial charge is 0.244 e. The molecule has 170 valence electrons. The van der Waals surface area contributed by atoms with Crippen molar-refractivity contribution in [3.05, 3.63) is 83.4 Å². The predicted octanol–water partition coefficient (Wildman–Crippen LogP) is 3.21. The molecule has 1 amide bonds. The number of imidazole rings is 1. The van der Waals surface area contributed by atoms with Crippen molar-refractivity contribution in [3.8, 4) is 0 Å². The Morgan fingerprint density at radius 3 is 2.41 bits per heavy atom. The Morgan fingerprint density at radius 2 is 1.78 bits per heavy atom. The summed E-state index contributed by atoms with van der Waals surface area (Å²) >= 11 is 0. The molecule has 0 aliphatic rings. The molecular formula is C24H30N4O3S. The van der Waals surface area contributed by atoms with E-state index < -0.39 is 10.0 Å². The molecule has 32 heavy (non-hydrogen) atoms. The zero-order valence-electron chi connectivity index (χ0n) is 18.8. The summed E-state index contributed by atoms with van der Waals surface area (Å²) in [4.78, 5) is 16.9. The summed E-state index contributed by atoms with van der Waals surface area (Å²) in [6.45, 7) is 6.60. The van der Waals surface area contributed by atoms with Crippen molar-refractivity contribution in [2.45, 2.75) is 45.2 Å². The molecule has 1 heterocycles. The van der Waals surface area contributed by atoms with Gasteiger partial charge >= 0.3 is 0 Å². The standard InChI is InChI=1S/C24H30N4O3S/c1-19-14-20(2)24(21(3)15-19)32(30,31)28(16-22-8-5-4-6-9-22)17-23(29)26-10-7-12-27-13-11-25-18-27/h4-6,8-9,11,13-15,18H,7,10,12,16-17H2,1-3H3,(H,26,29). The second-order valence-electron chi connectivity index (χ2n) is 7.99. The number of hydrogen-bond acceptors (Lipinski definition) is 4. The number of hydrogen-bond donors (Lipinski definition) is 1. The fourth-order valence-corrected chi connectivity index (χ4v) is 5.64. The van der Waals surface area contributed by atoms with Crippen LogP contribution < -0.4 is 5.32 Å². The maximum Gasteiger partial charge on any atom is 0.244 e. The van der Waals surface area contributed by atoms with E-state index in [4.69, 9.17) is 0 Å². The molecule has 0 spiro atoms. The Hall–Kier alpha value is -2.97. The second-order valence-corrected chi connectivity index (χ2v) is 9.87. The van der Waals surface area contributed by atoms with E-state index in [9.17, 15) is 13.2 Å². The van der Waals surface area contributed by atoms with E-state index in [1.54, 1.807) is 26.4 Å². The maximum atomic E-state index is 13.6. The molecule has 0 aliphatic heterocycles. The van der Waals surface area contributed by atoms with Crippen LogP contribution in [-0.4, -0.2) is 41.3 Å². The summed E-state index contributed by atoms with van der Waals surface area (Å²) in [5, 5.41) is 2.84. The first-order valence-corrected chi connectivity index (χ1v) is 12.1. The lowest BCUT2D eigenvalue weighted by molar-refractivity contribution is -0.121. The number of carbonyl (C=O) groups excluding carboxylic acids is 1. The zero-order valence-corrected chi connectivity index (χ0v) is 19.6. The summed E-state index contributed by atoms with van der Waals surface area (Å²) in [5.74, 6) is -0.322. The molecule has 0 radical (unpaired) electrons. The van der Waals surface area contributed by atoms with Gasteiger partial charge in [0.05, 0.1) is 17.8 Å². The lowest BCUT2D eigenvalue weighted by Crippen LogP contribution is -2.41. The van der Waals surface area contributed by atoms with Crippen molar-refractivity contribution >= 4 is 15.9 Å². The van der Waals surface area contributed by atoms with Crippen molar-refractivity contribution < 1.29 is 13.2 Å².